The van der Waals surface area contributed by atoms with Crippen LogP contribution < -0.4 is 5.32 Å². The first-order valence-electron chi connectivity index (χ1n) is 5.97. The highest BCUT2D eigenvalue weighted by Gasteiger charge is 2.28. The SMILES string of the molecule is CN(CC(=O)NCC(F)(F)F)C(=O)c1cccc(CCl)c1. The highest BCUT2D eigenvalue weighted by atomic mass is 35.5. The van der Waals surface area contributed by atoms with E-state index in [1.807, 2.05) is 0 Å². The summed E-state index contributed by atoms with van der Waals surface area (Å²) in [6.45, 7) is -1.88. The second kappa shape index (κ2) is 7.31. The van der Waals surface area contributed by atoms with Gasteiger partial charge in [0.15, 0.2) is 0 Å². The fourth-order valence-electron chi connectivity index (χ4n) is 1.55. The van der Waals surface area contributed by atoms with E-state index in [4.69, 9.17) is 11.6 Å². The van der Waals surface area contributed by atoms with Gasteiger partial charge in [-0.3, -0.25) is 9.59 Å². The number of carbonyl (C=O) groups excluding carboxylic acids is 2. The number of likely N-dealkylation sites (N-methyl/N-ethyl adjacent to an activating group) is 1. The predicted molar refractivity (Wildman–Crippen MR) is 72.0 cm³/mol. The van der Waals surface area contributed by atoms with E-state index in [9.17, 15) is 22.8 Å². The Labute approximate surface area is 124 Å². The third-order valence-electron chi connectivity index (χ3n) is 2.54. The van der Waals surface area contributed by atoms with Gasteiger partial charge in [-0.2, -0.15) is 13.2 Å². The van der Waals surface area contributed by atoms with Crippen molar-refractivity contribution in [3.05, 3.63) is 35.4 Å². The zero-order valence-corrected chi connectivity index (χ0v) is 12.0. The summed E-state index contributed by atoms with van der Waals surface area (Å²) in [6, 6.07) is 6.49. The molecule has 0 aliphatic carbocycles. The fraction of sp³-hybridized carbons (Fsp3) is 0.385. The molecule has 1 rings (SSSR count). The summed E-state index contributed by atoms with van der Waals surface area (Å²) in [5.74, 6) is -1.11. The Kier molecular flexibility index (Phi) is 6.02. The average molecular weight is 323 g/mol. The lowest BCUT2D eigenvalue weighted by Crippen LogP contribution is -2.41. The molecule has 4 nitrogen and oxygen atoms in total. The van der Waals surface area contributed by atoms with Crippen molar-refractivity contribution in [2.24, 2.45) is 0 Å². The van der Waals surface area contributed by atoms with Gasteiger partial charge in [-0.1, -0.05) is 12.1 Å². The molecule has 0 unspecified atom stereocenters. The Bertz CT molecular complexity index is 520. The first-order valence-corrected chi connectivity index (χ1v) is 6.50. The monoisotopic (exact) mass is 322 g/mol. The number of carbonyl (C=O) groups is 2. The molecule has 8 heteroatoms. The predicted octanol–water partition coefficient (Wildman–Crippen LogP) is 2.18. The van der Waals surface area contributed by atoms with Crippen LogP contribution in [-0.2, 0) is 10.7 Å². The summed E-state index contributed by atoms with van der Waals surface area (Å²) >= 11 is 5.66. The molecular weight excluding hydrogens is 309 g/mol. The molecule has 0 saturated carbocycles. The summed E-state index contributed by atoms with van der Waals surface area (Å²) < 4.78 is 35.9. The molecule has 0 radical (unpaired) electrons. The quantitative estimate of drug-likeness (QED) is 0.845. The maximum Gasteiger partial charge on any atom is 0.405 e. The zero-order chi connectivity index (χ0) is 16.0. The minimum atomic E-state index is -4.48. The molecule has 0 heterocycles. The number of rotatable bonds is 5. The molecule has 0 atom stereocenters. The van der Waals surface area contributed by atoms with Gasteiger partial charge in [-0.25, -0.2) is 0 Å². The molecule has 0 aromatic heterocycles. The third kappa shape index (κ3) is 6.03. The molecule has 0 aliphatic rings. The van der Waals surface area contributed by atoms with Crippen LogP contribution in [-0.4, -0.2) is 43.0 Å². The van der Waals surface area contributed by atoms with Crippen LogP contribution in [0.3, 0.4) is 0 Å². The molecular formula is C13H14ClF3N2O2. The summed E-state index contributed by atoms with van der Waals surface area (Å²) in [5, 5.41) is 1.70. The number of hydrogen-bond donors (Lipinski definition) is 1. The van der Waals surface area contributed by atoms with E-state index in [1.54, 1.807) is 29.6 Å². The highest BCUT2D eigenvalue weighted by molar-refractivity contribution is 6.17. The van der Waals surface area contributed by atoms with Gasteiger partial charge in [0.1, 0.15) is 6.54 Å². The van der Waals surface area contributed by atoms with Crippen molar-refractivity contribution < 1.29 is 22.8 Å². The Morgan fingerprint density at radius 3 is 2.57 bits per heavy atom. The van der Waals surface area contributed by atoms with Crippen LogP contribution in [0.15, 0.2) is 24.3 Å². The van der Waals surface area contributed by atoms with Gasteiger partial charge >= 0.3 is 6.18 Å². The Hall–Kier alpha value is -1.76. The highest BCUT2D eigenvalue weighted by Crippen LogP contribution is 2.12. The molecule has 0 spiro atoms. The molecule has 1 aromatic carbocycles. The number of benzene rings is 1. The van der Waals surface area contributed by atoms with Gasteiger partial charge in [0.25, 0.3) is 5.91 Å². The molecule has 21 heavy (non-hydrogen) atoms. The van der Waals surface area contributed by atoms with Crippen molar-refractivity contribution in [2.45, 2.75) is 12.1 Å². The van der Waals surface area contributed by atoms with Crippen LogP contribution in [0.5, 0.6) is 0 Å². The van der Waals surface area contributed by atoms with Crippen LogP contribution >= 0.6 is 11.6 Å². The van der Waals surface area contributed by atoms with E-state index in [1.165, 1.54) is 7.05 Å². The smallest absolute Gasteiger partial charge is 0.345 e. The molecule has 0 fully saturated rings. The molecule has 1 aromatic rings. The van der Waals surface area contributed by atoms with E-state index < -0.39 is 31.1 Å². The van der Waals surface area contributed by atoms with Crippen molar-refractivity contribution in [2.75, 3.05) is 20.1 Å². The maximum absolute atomic E-state index is 12.0. The minimum Gasteiger partial charge on any atom is -0.345 e. The Morgan fingerprint density at radius 2 is 2.00 bits per heavy atom. The van der Waals surface area contributed by atoms with Gasteiger partial charge in [-0.05, 0) is 17.7 Å². The van der Waals surface area contributed by atoms with E-state index >= 15 is 0 Å². The normalized spacial score (nSPS) is 11.1. The van der Waals surface area contributed by atoms with Crippen molar-refractivity contribution in [3.63, 3.8) is 0 Å². The summed E-state index contributed by atoms with van der Waals surface area (Å²) in [7, 11) is 1.34. The van der Waals surface area contributed by atoms with Crippen LogP contribution in [0.4, 0.5) is 13.2 Å². The molecule has 0 bridgehead atoms. The lowest BCUT2D eigenvalue weighted by molar-refractivity contribution is -0.138. The minimum absolute atomic E-state index is 0.233. The first kappa shape index (κ1) is 17.3. The fourth-order valence-corrected chi connectivity index (χ4v) is 1.72. The molecule has 1 N–H and O–H groups in total. The summed E-state index contributed by atoms with van der Waals surface area (Å²) in [5.41, 5.74) is 1.05. The Balaban J connectivity index is 2.60. The van der Waals surface area contributed by atoms with Crippen molar-refractivity contribution in [1.29, 1.82) is 0 Å². The van der Waals surface area contributed by atoms with E-state index in [-0.39, 0.29) is 5.88 Å². The molecule has 0 saturated heterocycles. The second-order valence-electron chi connectivity index (χ2n) is 4.39. The summed E-state index contributed by atoms with van der Waals surface area (Å²) in [6.07, 6.45) is -4.48. The van der Waals surface area contributed by atoms with Gasteiger partial charge in [0.2, 0.25) is 5.91 Å². The molecule has 2 amide bonds. The van der Waals surface area contributed by atoms with Crippen molar-refractivity contribution in [3.8, 4) is 0 Å². The Morgan fingerprint density at radius 1 is 1.33 bits per heavy atom. The number of amides is 2. The number of hydrogen-bond acceptors (Lipinski definition) is 2. The maximum atomic E-state index is 12.0. The van der Waals surface area contributed by atoms with Gasteiger partial charge < -0.3 is 10.2 Å². The number of alkyl halides is 4. The number of nitrogens with one attached hydrogen (secondary N) is 1. The topological polar surface area (TPSA) is 49.4 Å². The van der Waals surface area contributed by atoms with Crippen molar-refractivity contribution in [1.82, 2.24) is 10.2 Å². The van der Waals surface area contributed by atoms with Gasteiger partial charge in [0, 0.05) is 18.5 Å². The van der Waals surface area contributed by atoms with E-state index in [2.05, 4.69) is 0 Å². The van der Waals surface area contributed by atoms with Crippen LogP contribution in [0, 0.1) is 0 Å². The van der Waals surface area contributed by atoms with Gasteiger partial charge in [0.05, 0.1) is 6.54 Å². The molecule has 116 valence electrons. The molecule has 0 aliphatic heterocycles. The van der Waals surface area contributed by atoms with Crippen molar-refractivity contribution >= 4 is 23.4 Å². The average Bonchev–Trinajstić information content (AvgIpc) is 2.43. The largest absolute Gasteiger partial charge is 0.405 e. The number of halogens is 4. The lowest BCUT2D eigenvalue weighted by atomic mass is 10.1. The van der Waals surface area contributed by atoms with E-state index in [0.717, 1.165) is 10.5 Å². The third-order valence-corrected chi connectivity index (χ3v) is 2.85. The van der Waals surface area contributed by atoms with Gasteiger partial charge in [-0.15, -0.1) is 11.6 Å². The summed E-state index contributed by atoms with van der Waals surface area (Å²) in [4.78, 5) is 24.4. The van der Waals surface area contributed by atoms with Crippen LogP contribution in [0.25, 0.3) is 0 Å². The van der Waals surface area contributed by atoms with E-state index in [0.29, 0.717) is 5.56 Å². The lowest BCUT2D eigenvalue weighted by Gasteiger charge is -2.17. The number of nitrogens with zero attached hydrogens (tertiary/aromatic N) is 1. The second-order valence-corrected chi connectivity index (χ2v) is 4.65. The van der Waals surface area contributed by atoms with Crippen LogP contribution in [0.2, 0.25) is 0 Å². The van der Waals surface area contributed by atoms with Crippen LogP contribution in [0.1, 0.15) is 15.9 Å². The zero-order valence-electron chi connectivity index (χ0n) is 11.2. The first-order chi connectivity index (χ1) is 9.73. The standard InChI is InChI=1S/C13H14ClF3N2O2/c1-19(7-11(20)18-8-13(15,16)17)12(21)10-4-2-3-9(5-10)6-14/h2-5H,6-8H2,1H3,(H,18,20).